The lowest BCUT2D eigenvalue weighted by Gasteiger charge is -2.14. The molecule has 1 saturated heterocycles. The molecule has 2 N–H and O–H groups in total. The topological polar surface area (TPSA) is 134 Å². The molecular weight excluding hydrogens is 466 g/mol. The summed E-state index contributed by atoms with van der Waals surface area (Å²) in [6, 6.07) is 9.46. The Balaban J connectivity index is 1.60. The zero-order valence-electron chi connectivity index (χ0n) is 17.9. The molecule has 4 rings (SSSR count). The van der Waals surface area contributed by atoms with E-state index in [4.69, 9.17) is 9.84 Å². The van der Waals surface area contributed by atoms with Crippen molar-refractivity contribution in [2.24, 2.45) is 5.10 Å². The van der Waals surface area contributed by atoms with Gasteiger partial charge in [-0.15, -0.1) is 0 Å². The number of carbonyl (C=O) groups is 1. The second-order valence-corrected chi connectivity index (χ2v) is 10.4. The zero-order chi connectivity index (χ0) is 23.4. The van der Waals surface area contributed by atoms with Crippen LogP contribution in [0.4, 0.5) is 5.13 Å². The van der Waals surface area contributed by atoms with Crippen molar-refractivity contribution in [3.63, 3.8) is 0 Å². The summed E-state index contributed by atoms with van der Waals surface area (Å²) in [6.45, 7) is 1.52. The van der Waals surface area contributed by atoms with Gasteiger partial charge in [0.05, 0.1) is 11.5 Å². The van der Waals surface area contributed by atoms with E-state index in [2.05, 4.69) is 20.4 Å². The lowest BCUT2D eigenvalue weighted by molar-refractivity contribution is -0.110. The summed E-state index contributed by atoms with van der Waals surface area (Å²) in [6.07, 6.45) is 3.13. The normalized spacial score (nSPS) is 14.6. The van der Waals surface area contributed by atoms with E-state index in [0.29, 0.717) is 26.9 Å². The summed E-state index contributed by atoms with van der Waals surface area (Å²) in [5, 5.41) is 18.4. The fraction of sp³-hybridized carbons (Fsp3) is 0.333. The number of thiazole rings is 1. The smallest absolute Gasteiger partial charge is 0.278 e. The number of anilines is 1. The lowest BCUT2D eigenvalue weighted by Crippen LogP contribution is -2.27. The zero-order valence-corrected chi connectivity index (χ0v) is 19.5. The number of hydrazone groups is 1. The Labute approximate surface area is 194 Å². The van der Waals surface area contributed by atoms with Crippen LogP contribution in [0.15, 0.2) is 46.4 Å². The van der Waals surface area contributed by atoms with Gasteiger partial charge in [0, 0.05) is 31.0 Å². The third kappa shape index (κ3) is 5.64. The molecule has 0 radical (unpaired) electrons. The van der Waals surface area contributed by atoms with Gasteiger partial charge in [0.15, 0.2) is 20.7 Å². The van der Waals surface area contributed by atoms with E-state index >= 15 is 0 Å². The van der Waals surface area contributed by atoms with Gasteiger partial charge in [-0.3, -0.25) is 15.1 Å². The Hall–Kier alpha value is -3.09. The molecular formula is C21H23N5O5S2. The molecule has 0 bridgehead atoms. The fourth-order valence-corrected chi connectivity index (χ4v) is 4.73. The molecule has 0 spiro atoms. The van der Waals surface area contributed by atoms with Crippen LogP contribution in [-0.2, 0) is 14.6 Å². The number of benzene rings is 1. The summed E-state index contributed by atoms with van der Waals surface area (Å²) < 4.78 is 28.9. The molecule has 174 valence electrons. The van der Waals surface area contributed by atoms with Crippen LogP contribution < -0.4 is 10.1 Å². The van der Waals surface area contributed by atoms with Crippen molar-refractivity contribution in [2.75, 3.05) is 37.9 Å². The van der Waals surface area contributed by atoms with Gasteiger partial charge in [-0.25, -0.2) is 18.4 Å². The van der Waals surface area contributed by atoms with Crippen molar-refractivity contribution in [2.45, 2.75) is 17.7 Å². The van der Waals surface area contributed by atoms with Gasteiger partial charge in [-0.1, -0.05) is 23.5 Å². The maximum atomic E-state index is 13.2. The van der Waals surface area contributed by atoms with Crippen molar-refractivity contribution < 1.29 is 23.1 Å². The first-order valence-corrected chi connectivity index (χ1v) is 13.0. The highest BCUT2D eigenvalue weighted by molar-refractivity contribution is 7.90. The number of carbonyl (C=O) groups excluding carboxylic acids is 1. The monoisotopic (exact) mass is 489 g/mol. The predicted molar refractivity (Wildman–Crippen MR) is 126 cm³/mol. The fourth-order valence-electron chi connectivity index (χ4n) is 3.28. The minimum atomic E-state index is -3.35. The van der Waals surface area contributed by atoms with Gasteiger partial charge in [0.1, 0.15) is 17.0 Å². The number of amides is 1. The maximum absolute atomic E-state index is 13.2. The Morgan fingerprint density at radius 2 is 1.91 bits per heavy atom. The van der Waals surface area contributed by atoms with Gasteiger partial charge < -0.3 is 9.84 Å². The number of fused-ring (bicyclic) bond motifs is 1. The van der Waals surface area contributed by atoms with E-state index in [1.807, 2.05) is 5.01 Å². The molecule has 0 saturated carbocycles. The van der Waals surface area contributed by atoms with Crippen molar-refractivity contribution in [3.05, 3.63) is 42.0 Å². The molecule has 1 aromatic carbocycles. The number of aliphatic hydroxyl groups is 1. The molecule has 3 heterocycles. The van der Waals surface area contributed by atoms with Gasteiger partial charge in [-0.2, -0.15) is 5.10 Å². The number of sulfone groups is 1. The first-order chi connectivity index (χ1) is 15.8. The van der Waals surface area contributed by atoms with E-state index in [0.717, 1.165) is 32.2 Å². The van der Waals surface area contributed by atoms with E-state index in [-0.39, 0.29) is 23.8 Å². The Morgan fingerprint density at radius 1 is 1.18 bits per heavy atom. The SMILES string of the molecule is CS(=O)(=O)c1ccc(/C(=N/N2CCCC2)C(=O)Nc2nc3ccc(OCCO)nc3s2)cc1. The van der Waals surface area contributed by atoms with Crippen molar-refractivity contribution >= 4 is 48.3 Å². The molecule has 1 fully saturated rings. The number of pyridine rings is 1. The molecule has 0 aliphatic carbocycles. The van der Waals surface area contributed by atoms with Crippen LogP contribution >= 0.6 is 11.3 Å². The number of rotatable bonds is 8. The third-order valence-corrected chi connectivity index (χ3v) is 6.90. The second-order valence-electron chi connectivity index (χ2n) is 7.42. The van der Waals surface area contributed by atoms with Crippen LogP contribution in [-0.4, -0.2) is 72.7 Å². The predicted octanol–water partition coefficient (Wildman–Crippen LogP) is 1.90. The van der Waals surface area contributed by atoms with Crippen LogP contribution in [0.3, 0.4) is 0 Å². The number of aromatic nitrogens is 2. The van der Waals surface area contributed by atoms with E-state index in [1.54, 1.807) is 24.3 Å². The first-order valence-electron chi connectivity index (χ1n) is 10.3. The minimum Gasteiger partial charge on any atom is -0.475 e. The molecule has 1 amide bonds. The Kier molecular flexibility index (Phi) is 6.86. The summed E-state index contributed by atoms with van der Waals surface area (Å²) in [5.74, 6) is -0.0925. The molecule has 1 aliphatic heterocycles. The molecule has 1 aliphatic rings. The molecule has 10 nitrogen and oxygen atoms in total. The number of hydrogen-bond donors (Lipinski definition) is 2. The standard InChI is InChI=1S/C21H23N5O5S2/c1-33(29,30)15-6-4-14(5-7-15)18(25-26-10-2-3-11-26)19(28)24-21-22-16-8-9-17(31-13-12-27)23-20(16)32-21/h4-9,27H,2-3,10-13H2,1H3,(H,22,24,28)/b25-18-. The second kappa shape index (κ2) is 9.81. The van der Waals surface area contributed by atoms with E-state index in [9.17, 15) is 13.2 Å². The molecule has 3 aromatic rings. The number of aliphatic hydroxyl groups excluding tert-OH is 1. The van der Waals surface area contributed by atoms with E-state index in [1.165, 1.54) is 23.5 Å². The number of ether oxygens (including phenoxy) is 1. The number of nitrogens with zero attached hydrogens (tertiary/aromatic N) is 4. The largest absolute Gasteiger partial charge is 0.475 e. The highest BCUT2D eigenvalue weighted by Crippen LogP contribution is 2.26. The van der Waals surface area contributed by atoms with Crippen LogP contribution in [0.2, 0.25) is 0 Å². The van der Waals surface area contributed by atoms with Gasteiger partial charge in [0.25, 0.3) is 5.91 Å². The van der Waals surface area contributed by atoms with Crippen molar-refractivity contribution in [1.29, 1.82) is 0 Å². The first kappa shape index (κ1) is 23.1. The lowest BCUT2D eigenvalue weighted by atomic mass is 10.1. The number of hydrogen-bond acceptors (Lipinski definition) is 10. The quantitative estimate of drug-likeness (QED) is 0.458. The number of nitrogens with one attached hydrogen (secondary N) is 1. The van der Waals surface area contributed by atoms with E-state index < -0.39 is 15.7 Å². The van der Waals surface area contributed by atoms with Crippen molar-refractivity contribution in [1.82, 2.24) is 15.0 Å². The average Bonchev–Trinajstić information content (AvgIpc) is 3.44. The van der Waals surface area contributed by atoms with Crippen LogP contribution in [0.5, 0.6) is 5.88 Å². The highest BCUT2D eigenvalue weighted by Gasteiger charge is 2.21. The summed E-state index contributed by atoms with van der Waals surface area (Å²) in [5.41, 5.74) is 1.28. The van der Waals surface area contributed by atoms with Gasteiger partial charge in [-0.05, 0) is 31.0 Å². The summed E-state index contributed by atoms with van der Waals surface area (Å²) in [7, 11) is -3.35. The molecule has 33 heavy (non-hydrogen) atoms. The Bertz CT molecular complexity index is 1280. The molecule has 2 aromatic heterocycles. The van der Waals surface area contributed by atoms with Crippen LogP contribution in [0, 0.1) is 0 Å². The average molecular weight is 490 g/mol. The Morgan fingerprint density at radius 3 is 2.58 bits per heavy atom. The summed E-state index contributed by atoms with van der Waals surface area (Å²) in [4.78, 5) is 22.7. The molecule has 12 heteroatoms. The third-order valence-electron chi connectivity index (χ3n) is 4.89. The van der Waals surface area contributed by atoms with Crippen molar-refractivity contribution in [3.8, 4) is 5.88 Å². The molecule has 0 atom stereocenters. The maximum Gasteiger partial charge on any atom is 0.278 e. The highest BCUT2D eigenvalue weighted by atomic mass is 32.2. The van der Waals surface area contributed by atoms with Crippen LogP contribution in [0.25, 0.3) is 10.3 Å². The molecule has 0 unspecified atom stereocenters. The summed E-state index contributed by atoms with van der Waals surface area (Å²) >= 11 is 1.19. The van der Waals surface area contributed by atoms with Crippen LogP contribution in [0.1, 0.15) is 18.4 Å². The van der Waals surface area contributed by atoms with Gasteiger partial charge >= 0.3 is 0 Å². The minimum absolute atomic E-state index is 0.117. The van der Waals surface area contributed by atoms with Gasteiger partial charge in [0.2, 0.25) is 5.88 Å².